The molecule has 0 aliphatic heterocycles. The van der Waals surface area contributed by atoms with Gasteiger partial charge in [-0.05, 0) is 0 Å². The molecule has 2 N–H and O–H groups in total. The van der Waals surface area contributed by atoms with Gasteiger partial charge in [-0.15, -0.1) is 11.6 Å². The average Bonchev–Trinajstić information content (AvgIpc) is 2.53. The summed E-state index contributed by atoms with van der Waals surface area (Å²) in [7, 11) is 0. The minimum Gasteiger partial charge on any atom is -0.337 e. The van der Waals surface area contributed by atoms with Crippen LogP contribution < -0.4 is 10.6 Å². The summed E-state index contributed by atoms with van der Waals surface area (Å²) in [4.78, 5) is 14.7. The number of urea groups is 1. The summed E-state index contributed by atoms with van der Waals surface area (Å²) in [5.41, 5.74) is 0. The quantitative estimate of drug-likeness (QED) is 0.723. The lowest BCUT2D eigenvalue weighted by atomic mass is 10.7. The fraction of sp³-hybridized carbons (Fsp3) is 0.400. The Kier molecular flexibility index (Phi) is 3.75. The molecule has 2 amide bonds. The van der Waals surface area contributed by atoms with E-state index in [-0.39, 0.29) is 6.03 Å². The third-order valence-electron chi connectivity index (χ3n) is 0.962. The third kappa shape index (κ3) is 3.02. The molecule has 0 bridgehead atoms. The number of alkyl halides is 1. The van der Waals surface area contributed by atoms with Crippen LogP contribution in [0.5, 0.6) is 0 Å². The molecule has 5 nitrogen and oxygen atoms in total. The fourth-order valence-electron chi connectivity index (χ4n) is 0.530. The van der Waals surface area contributed by atoms with Crippen LogP contribution >= 0.6 is 23.1 Å². The fourth-order valence-corrected chi connectivity index (χ4v) is 1.05. The van der Waals surface area contributed by atoms with E-state index < -0.39 is 0 Å². The number of nitrogens with zero attached hydrogens (tertiary/aromatic N) is 2. The Morgan fingerprint density at radius 3 is 3.17 bits per heavy atom. The molecule has 12 heavy (non-hydrogen) atoms. The van der Waals surface area contributed by atoms with Crippen LogP contribution in [-0.2, 0) is 0 Å². The van der Waals surface area contributed by atoms with Gasteiger partial charge in [0.25, 0.3) is 0 Å². The van der Waals surface area contributed by atoms with Crippen LogP contribution in [0.3, 0.4) is 0 Å². The molecular weight excluding hydrogens is 200 g/mol. The number of hydrogen-bond donors (Lipinski definition) is 2. The van der Waals surface area contributed by atoms with E-state index in [0.717, 1.165) is 11.5 Å². The van der Waals surface area contributed by atoms with Crippen molar-refractivity contribution in [1.82, 2.24) is 14.7 Å². The van der Waals surface area contributed by atoms with Gasteiger partial charge in [-0.1, -0.05) is 0 Å². The summed E-state index contributed by atoms with van der Waals surface area (Å²) in [6.45, 7) is 0.437. The van der Waals surface area contributed by atoms with E-state index in [1.807, 2.05) is 0 Å². The number of aromatic nitrogens is 2. The Hall–Kier alpha value is -0.880. The van der Waals surface area contributed by atoms with Crippen LogP contribution in [0.2, 0.25) is 0 Å². The summed E-state index contributed by atoms with van der Waals surface area (Å²) in [6.07, 6.45) is 1.38. The molecule has 0 saturated heterocycles. The molecule has 1 aromatic heterocycles. The maximum Gasteiger partial charge on any atom is 0.321 e. The molecular formula is C5H7ClN4OS. The predicted molar refractivity (Wildman–Crippen MR) is 47.7 cm³/mol. The minimum absolute atomic E-state index is 0.313. The van der Waals surface area contributed by atoms with Crippen molar-refractivity contribution in [2.24, 2.45) is 0 Å². The number of hydrogen-bond acceptors (Lipinski definition) is 4. The van der Waals surface area contributed by atoms with Crippen molar-refractivity contribution >= 4 is 34.3 Å². The summed E-state index contributed by atoms with van der Waals surface area (Å²) in [5.74, 6) is 0.392. The third-order valence-corrected chi connectivity index (χ3v) is 1.73. The lowest BCUT2D eigenvalue weighted by Gasteiger charge is -2.01. The topological polar surface area (TPSA) is 66.9 Å². The van der Waals surface area contributed by atoms with Crippen molar-refractivity contribution in [1.29, 1.82) is 0 Å². The molecule has 1 heterocycles. The van der Waals surface area contributed by atoms with Crippen LogP contribution in [0.25, 0.3) is 0 Å². The Morgan fingerprint density at radius 1 is 1.75 bits per heavy atom. The Morgan fingerprint density at radius 2 is 2.58 bits per heavy atom. The molecule has 1 rings (SSSR count). The highest BCUT2D eigenvalue weighted by Crippen LogP contribution is 2.05. The van der Waals surface area contributed by atoms with Crippen molar-refractivity contribution in [3.05, 3.63) is 6.33 Å². The van der Waals surface area contributed by atoms with Crippen LogP contribution in [0.4, 0.5) is 9.93 Å². The minimum atomic E-state index is -0.313. The second-order valence-corrected chi connectivity index (χ2v) is 2.97. The molecule has 0 aliphatic rings. The number of amides is 2. The molecule has 0 spiro atoms. The van der Waals surface area contributed by atoms with Crippen molar-refractivity contribution in [2.45, 2.75) is 0 Å². The van der Waals surface area contributed by atoms with Crippen molar-refractivity contribution in [3.8, 4) is 0 Å². The zero-order valence-corrected chi connectivity index (χ0v) is 7.65. The Labute approximate surface area is 78.3 Å². The summed E-state index contributed by atoms with van der Waals surface area (Å²) in [6, 6.07) is -0.313. The summed E-state index contributed by atoms with van der Waals surface area (Å²) < 4.78 is 3.72. The van der Waals surface area contributed by atoms with Gasteiger partial charge in [-0.2, -0.15) is 4.37 Å². The molecule has 66 valence electrons. The maximum absolute atomic E-state index is 10.9. The summed E-state index contributed by atoms with van der Waals surface area (Å²) in [5, 5.41) is 5.49. The van der Waals surface area contributed by atoms with Gasteiger partial charge in [-0.3, -0.25) is 5.32 Å². The lowest BCUT2D eigenvalue weighted by Crippen LogP contribution is -2.30. The normalized spacial score (nSPS) is 9.42. The van der Waals surface area contributed by atoms with Gasteiger partial charge in [0.15, 0.2) is 0 Å². The molecule has 1 aromatic rings. The van der Waals surface area contributed by atoms with Crippen LogP contribution in [0.15, 0.2) is 6.33 Å². The van der Waals surface area contributed by atoms with Crippen molar-refractivity contribution < 1.29 is 4.79 Å². The Balaban J connectivity index is 2.27. The van der Waals surface area contributed by atoms with Gasteiger partial charge >= 0.3 is 6.03 Å². The first kappa shape index (κ1) is 9.21. The van der Waals surface area contributed by atoms with Crippen LogP contribution in [0, 0.1) is 0 Å². The van der Waals surface area contributed by atoms with Crippen molar-refractivity contribution in [3.63, 3.8) is 0 Å². The van der Waals surface area contributed by atoms with Gasteiger partial charge in [0.05, 0.1) is 0 Å². The van der Waals surface area contributed by atoms with E-state index in [2.05, 4.69) is 20.0 Å². The zero-order valence-electron chi connectivity index (χ0n) is 6.08. The van der Waals surface area contributed by atoms with E-state index in [1.54, 1.807) is 0 Å². The van der Waals surface area contributed by atoms with Gasteiger partial charge in [-0.25, -0.2) is 9.78 Å². The number of anilines is 1. The number of rotatable bonds is 3. The number of carbonyl (C=O) groups excluding carboxylic acids is 1. The van der Waals surface area contributed by atoms with Crippen molar-refractivity contribution in [2.75, 3.05) is 17.7 Å². The SMILES string of the molecule is O=C(NCCCl)Nc1ncns1. The first-order chi connectivity index (χ1) is 5.83. The zero-order chi connectivity index (χ0) is 8.81. The van der Waals surface area contributed by atoms with E-state index in [0.29, 0.717) is 17.6 Å². The molecule has 7 heteroatoms. The summed E-state index contributed by atoms with van der Waals surface area (Å²) >= 11 is 6.48. The predicted octanol–water partition coefficient (Wildman–Crippen LogP) is 0.898. The Bertz CT molecular complexity index is 240. The highest BCUT2D eigenvalue weighted by atomic mass is 35.5. The van der Waals surface area contributed by atoms with E-state index in [9.17, 15) is 4.79 Å². The molecule has 0 fully saturated rings. The monoisotopic (exact) mass is 206 g/mol. The molecule has 0 unspecified atom stereocenters. The van der Waals surface area contributed by atoms with E-state index in [4.69, 9.17) is 11.6 Å². The first-order valence-electron chi connectivity index (χ1n) is 3.20. The second-order valence-electron chi connectivity index (χ2n) is 1.82. The first-order valence-corrected chi connectivity index (χ1v) is 4.51. The standard InChI is InChI=1S/C5H7ClN4OS/c6-1-2-7-4(11)10-5-8-3-9-12-5/h3H,1-2H2,(H2,7,8,9,10,11). The number of nitrogens with one attached hydrogen (secondary N) is 2. The smallest absolute Gasteiger partial charge is 0.321 e. The molecule has 0 radical (unpaired) electrons. The number of halogens is 1. The van der Waals surface area contributed by atoms with Crippen LogP contribution in [-0.4, -0.2) is 27.8 Å². The number of carbonyl (C=O) groups is 1. The van der Waals surface area contributed by atoms with E-state index in [1.165, 1.54) is 6.33 Å². The van der Waals surface area contributed by atoms with Gasteiger partial charge in [0, 0.05) is 24.0 Å². The van der Waals surface area contributed by atoms with Gasteiger partial charge in [0.2, 0.25) is 5.13 Å². The van der Waals surface area contributed by atoms with Crippen LogP contribution in [0.1, 0.15) is 0 Å². The van der Waals surface area contributed by atoms with Gasteiger partial charge < -0.3 is 5.32 Å². The second kappa shape index (κ2) is 4.89. The highest BCUT2D eigenvalue weighted by Gasteiger charge is 2.01. The molecule has 0 atom stereocenters. The molecule has 0 aromatic carbocycles. The van der Waals surface area contributed by atoms with E-state index >= 15 is 0 Å². The largest absolute Gasteiger partial charge is 0.337 e. The highest BCUT2D eigenvalue weighted by molar-refractivity contribution is 7.09. The average molecular weight is 207 g/mol. The van der Waals surface area contributed by atoms with Gasteiger partial charge in [0.1, 0.15) is 6.33 Å². The lowest BCUT2D eigenvalue weighted by molar-refractivity contribution is 0.252. The molecule has 0 aliphatic carbocycles. The maximum atomic E-state index is 10.9. The molecule has 0 saturated carbocycles.